The van der Waals surface area contributed by atoms with E-state index in [0.717, 1.165) is 19.3 Å². The van der Waals surface area contributed by atoms with Crippen LogP contribution in [-0.2, 0) is 9.53 Å². The molecule has 0 aliphatic heterocycles. The Balaban J connectivity index is 3.31. The average molecular weight is 198 g/mol. The van der Waals surface area contributed by atoms with Crippen molar-refractivity contribution in [3.8, 4) is 0 Å². The van der Waals surface area contributed by atoms with Crippen molar-refractivity contribution in [3.63, 3.8) is 0 Å². The van der Waals surface area contributed by atoms with Gasteiger partial charge in [-0.15, -0.1) is 0 Å². The lowest BCUT2D eigenvalue weighted by Crippen LogP contribution is -2.09. The van der Waals surface area contributed by atoms with Gasteiger partial charge in [-0.05, 0) is 25.2 Å². The lowest BCUT2D eigenvalue weighted by Gasteiger charge is -2.06. The third-order valence-electron chi connectivity index (χ3n) is 1.73. The van der Waals surface area contributed by atoms with E-state index in [9.17, 15) is 4.79 Å². The summed E-state index contributed by atoms with van der Waals surface area (Å²) in [7, 11) is 0. The van der Waals surface area contributed by atoms with Crippen molar-refractivity contribution < 1.29 is 9.53 Å². The van der Waals surface area contributed by atoms with Gasteiger partial charge in [0.1, 0.15) is 0 Å². The summed E-state index contributed by atoms with van der Waals surface area (Å²) in [5.74, 6) is 0.363. The van der Waals surface area contributed by atoms with Crippen LogP contribution in [0.4, 0.5) is 0 Å². The second-order valence-electron chi connectivity index (χ2n) is 3.85. The van der Waals surface area contributed by atoms with Gasteiger partial charge in [0.25, 0.3) is 0 Å². The minimum absolute atomic E-state index is 0.0661. The van der Waals surface area contributed by atoms with Crippen LogP contribution in [-0.4, -0.2) is 12.6 Å². The van der Waals surface area contributed by atoms with Crippen LogP contribution in [0.2, 0.25) is 0 Å². The first-order chi connectivity index (χ1) is 6.66. The van der Waals surface area contributed by atoms with E-state index in [1.807, 2.05) is 13.8 Å². The summed E-state index contributed by atoms with van der Waals surface area (Å²) < 4.78 is 5.05. The normalized spacial score (nSPS) is 11.1. The summed E-state index contributed by atoms with van der Waals surface area (Å²) in [5, 5.41) is 0. The van der Waals surface area contributed by atoms with E-state index in [1.165, 1.54) is 0 Å². The molecule has 0 saturated heterocycles. The Bertz CT molecular complexity index is 171. The summed E-state index contributed by atoms with van der Waals surface area (Å²) in [4.78, 5) is 11.1. The molecule has 0 aromatic rings. The zero-order valence-corrected chi connectivity index (χ0v) is 9.58. The zero-order valence-electron chi connectivity index (χ0n) is 9.58. The topological polar surface area (TPSA) is 26.3 Å². The van der Waals surface area contributed by atoms with Gasteiger partial charge in [0.2, 0.25) is 0 Å². The molecule has 0 heterocycles. The third kappa shape index (κ3) is 9.30. The number of hydrogen-bond donors (Lipinski definition) is 0. The molecule has 0 N–H and O–H groups in total. The van der Waals surface area contributed by atoms with Gasteiger partial charge < -0.3 is 4.74 Å². The standard InChI is InChI=1S/C12H22O2/c1-4-5-6-7-8-9-12(13)14-10-11(2)3/h5-6,11H,4,7-10H2,1-3H3/b6-5-. The second kappa shape index (κ2) is 8.79. The largest absolute Gasteiger partial charge is 0.465 e. The molecule has 0 spiro atoms. The Morgan fingerprint density at radius 2 is 2.07 bits per heavy atom. The highest BCUT2D eigenvalue weighted by molar-refractivity contribution is 5.69. The maximum absolute atomic E-state index is 11.1. The van der Waals surface area contributed by atoms with Crippen molar-refractivity contribution in [1.82, 2.24) is 0 Å². The van der Waals surface area contributed by atoms with Crippen LogP contribution in [0, 0.1) is 5.92 Å². The van der Waals surface area contributed by atoms with Crippen LogP contribution in [0.3, 0.4) is 0 Å². The number of ether oxygens (including phenoxy) is 1. The van der Waals surface area contributed by atoms with Gasteiger partial charge in [0.15, 0.2) is 0 Å². The molecule has 0 fully saturated rings. The Morgan fingerprint density at radius 1 is 1.36 bits per heavy atom. The van der Waals surface area contributed by atoms with Crippen molar-refractivity contribution in [2.45, 2.75) is 46.5 Å². The van der Waals surface area contributed by atoms with Crippen LogP contribution < -0.4 is 0 Å². The van der Waals surface area contributed by atoms with Crippen molar-refractivity contribution in [1.29, 1.82) is 0 Å². The number of hydrogen-bond acceptors (Lipinski definition) is 2. The highest BCUT2D eigenvalue weighted by Gasteiger charge is 2.02. The Labute approximate surface area is 87.3 Å². The molecule has 2 nitrogen and oxygen atoms in total. The Hall–Kier alpha value is -0.790. The monoisotopic (exact) mass is 198 g/mol. The summed E-state index contributed by atoms with van der Waals surface area (Å²) in [6, 6.07) is 0. The first-order valence-electron chi connectivity index (χ1n) is 5.47. The maximum atomic E-state index is 11.1. The molecule has 2 heteroatoms. The van der Waals surface area contributed by atoms with E-state index in [1.54, 1.807) is 0 Å². The lowest BCUT2D eigenvalue weighted by atomic mass is 10.2. The van der Waals surface area contributed by atoms with Crippen molar-refractivity contribution >= 4 is 5.97 Å². The average Bonchev–Trinajstić information content (AvgIpc) is 2.14. The van der Waals surface area contributed by atoms with Crippen molar-refractivity contribution in [3.05, 3.63) is 12.2 Å². The predicted molar refractivity (Wildman–Crippen MR) is 59.1 cm³/mol. The number of carbonyl (C=O) groups is 1. The summed E-state index contributed by atoms with van der Waals surface area (Å²) in [6.07, 6.45) is 7.73. The lowest BCUT2D eigenvalue weighted by molar-refractivity contribution is -0.144. The molecule has 0 unspecified atom stereocenters. The molecular formula is C12H22O2. The first kappa shape index (κ1) is 13.2. The summed E-state index contributed by atoms with van der Waals surface area (Å²) in [6.45, 7) is 6.73. The van der Waals surface area contributed by atoms with Gasteiger partial charge in [-0.1, -0.05) is 32.9 Å². The molecule has 0 aromatic heterocycles. The fraction of sp³-hybridized carbons (Fsp3) is 0.750. The Morgan fingerprint density at radius 3 is 2.64 bits per heavy atom. The maximum Gasteiger partial charge on any atom is 0.305 e. The first-order valence-corrected chi connectivity index (χ1v) is 5.47. The van der Waals surface area contributed by atoms with Crippen LogP contribution in [0.1, 0.15) is 46.5 Å². The van der Waals surface area contributed by atoms with Gasteiger partial charge >= 0.3 is 5.97 Å². The van der Waals surface area contributed by atoms with Gasteiger partial charge in [0, 0.05) is 6.42 Å². The molecule has 0 atom stereocenters. The molecule has 14 heavy (non-hydrogen) atoms. The molecule has 0 bridgehead atoms. The van der Waals surface area contributed by atoms with E-state index < -0.39 is 0 Å². The fourth-order valence-electron chi connectivity index (χ4n) is 0.981. The molecule has 82 valence electrons. The number of rotatable bonds is 7. The highest BCUT2D eigenvalue weighted by atomic mass is 16.5. The summed E-state index contributed by atoms with van der Waals surface area (Å²) >= 11 is 0. The quantitative estimate of drug-likeness (QED) is 0.356. The van der Waals surface area contributed by atoms with Gasteiger partial charge in [-0.25, -0.2) is 0 Å². The van der Waals surface area contributed by atoms with Crippen molar-refractivity contribution in [2.24, 2.45) is 5.92 Å². The smallest absolute Gasteiger partial charge is 0.305 e. The minimum atomic E-state index is -0.0661. The third-order valence-corrected chi connectivity index (χ3v) is 1.73. The van der Waals surface area contributed by atoms with Gasteiger partial charge in [-0.3, -0.25) is 4.79 Å². The molecule has 0 aliphatic rings. The van der Waals surface area contributed by atoms with Crippen LogP contribution in [0.25, 0.3) is 0 Å². The summed E-state index contributed by atoms with van der Waals surface area (Å²) in [5.41, 5.74) is 0. The van der Waals surface area contributed by atoms with E-state index >= 15 is 0 Å². The molecular weight excluding hydrogens is 176 g/mol. The number of allylic oxidation sites excluding steroid dienone is 2. The van der Waals surface area contributed by atoms with Crippen LogP contribution in [0.15, 0.2) is 12.2 Å². The second-order valence-corrected chi connectivity index (χ2v) is 3.85. The minimum Gasteiger partial charge on any atom is -0.465 e. The SMILES string of the molecule is CC/C=C\CCCC(=O)OCC(C)C. The van der Waals surface area contributed by atoms with E-state index in [4.69, 9.17) is 4.74 Å². The van der Waals surface area contributed by atoms with Gasteiger partial charge in [-0.2, -0.15) is 0 Å². The molecule has 0 radical (unpaired) electrons. The highest BCUT2D eigenvalue weighted by Crippen LogP contribution is 2.01. The molecule has 0 aliphatic carbocycles. The van der Waals surface area contributed by atoms with E-state index in [2.05, 4.69) is 19.1 Å². The van der Waals surface area contributed by atoms with Crippen molar-refractivity contribution in [2.75, 3.05) is 6.61 Å². The zero-order chi connectivity index (χ0) is 10.8. The Kier molecular flexibility index (Phi) is 8.30. The fourth-order valence-corrected chi connectivity index (χ4v) is 0.981. The van der Waals surface area contributed by atoms with Crippen LogP contribution >= 0.6 is 0 Å². The molecule has 0 rings (SSSR count). The number of esters is 1. The van der Waals surface area contributed by atoms with Gasteiger partial charge in [0.05, 0.1) is 6.61 Å². The number of carbonyl (C=O) groups excluding carboxylic acids is 1. The predicted octanol–water partition coefficient (Wildman–Crippen LogP) is 3.32. The van der Waals surface area contributed by atoms with Crippen LogP contribution in [0.5, 0.6) is 0 Å². The molecule has 0 saturated carbocycles. The number of unbranched alkanes of at least 4 members (excludes halogenated alkanes) is 1. The van der Waals surface area contributed by atoms with E-state index in [-0.39, 0.29) is 5.97 Å². The van der Waals surface area contributed by atoms with E-state index in [0.29, 0.717) is 18.9 Å². The molecule has 0 aromatic carbocycles. The molecule has 0 amide bonds.